The lowest BCUT2D eigenvalue weighted by atomic mass is 9.96. The maximum absolute atomic E-state index is 14.4. The van der Waals surface area contributed by atoms with E-state index in [1.54, 1.807) is 11.8 Å². The number of nitrogens with one attached hydrogen (secondary N) is 1. The molecule has 1 aromatic heterocycles. The summed E-state index contributed by atoms with van der Waals surface area (Å²) in [5, 5.41) is 3.18. The van der Waals surface area contributed by atoms with Crippen molar-refractivity contribution in [2.24, 2.45) is 0 Å². The van der Waals surface area contributed by atoms with Crippen molar-refractivity contribution in [2.45, 2.75) is 32.7 Å². The Labute approximate surface area is 134 Å². The molecule has 0 radical (unpaired) electrons. The molecular weight excluding hydrogens is 295 g/mol. The lowest BCUT2D eigenvalue weighted by Gasteiger charge is -2.34. The Morgan fingerprint density at radius 1 is 1.39 bits per heavy atom. The molecule has 0 fully saturated rings. The molecule has 2 aromatic rings. The number of aryl methyl sites for hydroxylation is 1. The van der Waals surface area contributed by atoms with Gasteiger partial charge in [0.2, 0.25) is 5.91 Å². The third-order valence-corrected chi connectivity index (χ3v) is 4.13. The van der Waals surface area contributed by atoms with Gasteiger partial charge in [-0.1, -0.05) is 25.1 Å². The summed E-state index contributed by atoms with van der Waals surface area (Å²) in [6.07, 6.45) is 2.59. The molecule has 6 heteroatoms. The number of fused-ring (bicyclic) bond motifs is 1. The maximum atomic E-state index is 14.4. The van der Waals surface area contributed by atoms with E-state index in [1.165, 1.54) is 6.33 Å². The van der Waals surface area contributed by atoms with Crippen LogP contribution in [0, 0.1) is 5.82 Å². The van der Waals surface area contributed by atoms with Crippen LogP contribution in [0.2, 0.25) is 0 Å². The van der Waals surface area contributed by atoms with Crippen molar-refractivity contribution in [3.63, 3.8) is 0 Å². The highest BCUT2D eigenvalue weighted by molar-refractivity contribution is 5.93. The summed E-state index contributed by atoms with van der Waals surface area (Å²) in [6.45, 7) is 4.01. The zero-order chi connectivity index (χ0) is 16.4. The summed E-state index contributed by atoms with van der Waals surface area (Å²) in [5.41, 5.74) is 2.25. The molecular formula is C17H19FN4O. The van der Waals surface area contributed by atoms with E-state index < -0.39 is 5.82 Å². The van der Waals surface area contributed by atoms with Gasteiger partial charge >= 0.3 is 0 Å². The highest BCUT2D eigenvalue weighted by Gasteiger charge is 2.27. The van der Waals surface area contributed by atoms with Crippen molar-refractivity contribution in [1.82, 2.24) is 9.97 Å². The summed E-state index contributed by atoms with van der Waals surface area (Å²) < 4.78 is 14.4. The van der Waals surface area contributed by atoms with E-state index >= 15 is 0 Å². The third kappa shape index (κ3) is 2.88. The minimum atomic E-state index is -0.401. The lowest BCUT2D eigenvalue weighted by Crippen LogP contribution is -2.36. The average Bonchev–Trinajstić information content (AvgIpc) is 2.56. The molecule has 0 saturated heterocycles. The van der Waals surface area contributed by atoms with Gasteiger partial charge in [-0.3, -0.25) is 4.79 Å². The van der Waals surface area contributed by atoms with Gasteiger partial charge in [-0.2, -0.15) is 0 Å². The highest BCUT2D eigenvalue weighted by atomic mass is 19.1. The summed E-state index contributed by atoms with van der Waals surface area (Å²) in [5.74, 6) is -0.174. The largest absolute Gasteiger partial charge is 0.361 e. The van der Waals surface area contributed by atoms with Gasteiger partial charge in [-0.25, -0.2) is 14.4 Å². The van der Waals surface area contributed by atoms with Gasteiger partial charge in [-0.15, -0.1) is 0 Å². The van der Waals surface area contributed by atoms with E-state index in [-0.39, 0.29) is 17.8 Å². The molecule has 3 rings (SSSR count). The second kappa shape index (κ2) is 6.32. The van der Waals surface area contributed by atoms with Crippen LogP contribution < -0.4 is 10.2 Å². The number of nitrogens with zero attached hydrogens (tertiary/aromatic N) is 3. The quantitative estimate of drug-likeness (QED) is 0.946. The van der Waals surface area contributed by atoms with Crippen molar-refractivity contribution in [1.29, 1.82) is 0 Å². The molecule has 1 amide bonds. The average molecular weight is 314 g/mol. The number of hydrogen-bond acceptors (Lipinski definition) is 4. The minimum absolute atomic E-state index is 0.0115. The highest BCUT2D eigenvalue weighted by Crippen LogP contribution is 2.35. The van der Waals surface area contributed by atoms with Crippen molar-refractivity contribution in [2.75, 3.05) is 16.8 Å². The monoisotopic (exact) mass is 314 g/mol. The van der Waals surface area contributed by atoms with Crippen molar-refractivity contribution in [3.8, 4) is 0 Å². The number of benzene rings is 1. The number of para-hydroxylation sites is 1. The zero-order valence-electron chi connectivity index (χ0n) is 13.2. The predicted octanol–water partition coefficient (Wildman–Crippen LogP) is 3.09. The van der Waals surface area contributed by atoms with Crippen LogP contribution in [0.1, 0.15) is 37.6 Å². The van der Waals surface area contributed by atoms with E-state index in [2.05, 4.69) is 15.3 Å². The lowest BCUT2D eigenvalue weighted by molar-refractivity contribution is -0.116. The first-order chi connectivity index (χ1) is 11.1. The van der Waals surface area contributed by atoms with E-state index in [4.69, 9.17) is 0 Å². The summed E-state index contributed by atoms with van der Waals surface area (Å²) in [6, 6.07) is 7.61. The molecule has 0 aliphatic carbocycles. The fourth-order valence-corrected chi connectivity index (χ4v) is 2.96. The van der Waals surface area contributed by atoms with E-state index in [9.17, 15) is 9.18 Å². The van der Waals surface area contributed by atoms with Crippen LogP contribution in [-0.4, -0.2) is 22.4 Å². The van der Waals surface area contributed by atoms with Gasteiger partial charge in [-0.05, 0) is 24.5 Å². The Morgan fingerprint density at radius 3 is 2.91 bits per heavy atom. The number of halogens is 1. The second-order valence-electron chi connectivity index (χ2n) is 5.55. The molecule has 0 bridgehead atoms. The van der Waals surface area contributed by atoms with Crippen LogP contribution in [0.4, 0.5) is 15.9 Å². The second-order valence-corrected chi connectivity index (χ2v) is 5.55. The van der Waals surface area contributed by atoms with Crippen LogP contribution in [0.5, 0.6) is 0 Å². The van der Waals surface area contributed by atoms with Crippen molar-refractivity contribution in [3.05, 3.63) is 47.7 Å². The van der Waals surface area contributed by atoms with Gasteiger partial charge in [0.15, 0.2) is 11.6 Å². The summed E-state index contributed by atoms with van der Waals surface area (Å²) >= 11 is 0. The third-order valence-electron chi connectivity index (χ3n) is 4.13. The molecule has 1 atom stereocenters. The van der Waals surface area contributed by atoms with Gasteiger partial charge in [0.1, 0.15) is 6.33 Å². The smallest absolute Gasteiger partial charge is 0.223 e. The number of amides is 1. The van der Waals surface area contributed by atoms with Gasteiger partial charge in [0.25, 0.3) is 0 Å². The first-order valence-corrected chi connectivity index (χ1v) is 7.74. The number of anilines is 2. The Kier molecular flexibility index (Phi) is 4.23. The summed E-state index contributed by atoms with van der Waals surface area (Å²) in [7, 11) is 0. The van der Waals surface area contributed by atoms with Crippen LogP contribution in [0.25, 0.3) is 0 Å². The molecule has 5 nitrogen and oxygen atoms in total. The molecule has 1 aliphatic heterocycles. The zero-order valence-corrected chi connectivity index (χ0v) is 13.2. The molecule has 1 aromatic carbocycles. The van der Waals surface area contributed by atoms with Gasteiger partial charge in [0, 0.05) is 19.2 Å². The maximum Gasteiger partial charge on any atom is 0.223 e. The molecule has 1 N–H and O–H groups in total. The molecule has 1 aliphatic rings. The van der Waals surface area contributed by atoms with Gasteiger partial charge < -0.3 is 10.2 Å². The van der Waals surface area contributed by atoms with Crippen molar-refractivity contribution >= 4 is 17.4 Å². The Morgan fingerprint density at radius 2 is 2.17 bits per heavy atom. The number of rotatable bonds is 3. The van der Waals surface area contributed by atoms with Crippen LogP contribution in [0.15, 0.2) is 30.6 Å². The minimum Gasteiger partial charge on any atom is -0.361 e. The Balaban J connectivity index is 1.93. The fraction of sp³-hybridized carbons (Fsp3) is 0.353. The van der Waals surface area contributed by atoms with Crippen LogP contribution >= 0.6 is 0 Å². The normalized spacial score (nSPS) is 16.8. The number of carbonyl (C=O) groups excluding carboxylic acids is 1. The fourth-order valence-electron chi connectivity index (χ4n) is 2.96. The Bertz CT molecular complexity index is 734. The molecule has 120 valence electrons. The molecule has 2 heterocycles. The number of hydrogen-bond donors (Lipinski definition) is 1. The number of aromatic nitrogens is 2. The van der Waals surface area contributed by atoms with E-state index in [0.29, 0.717) is 25.1 Å². The van der Waals surface area contributed by atoms with Crippen molar-refractivity contribution < 1.29 is 9.18 Å². The molecule has 1 unspecified atom stereocenters. The van der Waals surface area contributed by atoms with Gasteiger partial charge in [0.05, 0.1) is 11.7 Å². The Hall–Kier alpha value is -2.50. The first-order valence-electron chi connectivity index (χ1n) is 7.74. The summed E-state index contributed by atoms with van der Waals surface area (Å²) in [4.78, 5) is 21.5. The predicted molar refractivity (Wildman–Crippen MR) is 86.8 cm³/mol. The molecule has 23 heavy (non-hydrogen) atoms. The van der Waals surface area contributed by atoms with Crippen LogP contribution in [0.3, 0.4) is 0 Å². The molecule has 0 spiro atoms. The van der Waals surface area contributed by atoms with E-state index in [1.807, 2.05) is 31.2 Å². The first kappa shape index (κ1) is 15.4. The topological polar surface area (TPSA) is 58.1 Å². The standard InChI is InChI=1S/C17H19FN4O/c1-3-13-16(18)17(20-10-19-13)21-14-8-9-22(11(2)23)15-7-5-4-6-12(14)15/h4-7,10,14H,3,8-9H2,1-2H3,(H,19,20,21). The van der Waals surface area contributed by atoms with Crippen LogP contribution in [-0.2, 0) is 11.2 Å². The SMILES string of the molecule is CCc1ncnc(NC2CCN(C(C)=O)c3ccccc32)c1F. The van der Waals surface area contributed by atoms with E-state index in [0.717, 1.165) is 11.3 Å². The number of carbonyl (C=O) groups is 1. The molecule has 0 saturated carbocycles.